The predicted molar refractivity (Wildman–Crippen MR) is 121 cm³/mol. The largest absolute Gasteiger partial charge is 0.497 e. The predicted octanol–water partition coefficient (Wildman–Crippen LogP) is 3.25. The Morgan fingerprint density at radius 3 is 1.65 bits per heavy atom. The molecule has 0 saturated carbocycles. The summed E-state index contributed by atoms with van der Waals surface area (Å²) >= 11 is 0. The summed E-state index contributed by atoms with van der Waals surface area (Å²) in [7, 11) is 3.19. The highest BCUT2D eigenvalue weighted by Gasteiger charge is 2.02. The van der Waals surface area contributed by atoms with Gasteiger partial charge < -0.3 is 9.47 Å². The maximum absolute atomic E-state index is 11.8. The highest BCUT2D eigenvalue weighted by atomic mass is 16.5. The minimum absolute atomic E-state index is 0.161. The van der Waals surface area contributed by atoms with Gasteiger partial charge in [-0.3, -0.25) is 9.59 Å². The van der Waals surface area contributed by atoms with Gasteiger partial charge in [0.15, 0.2) is 0 Å². The number of rotatable bonds is 12. The van der Waals surface area contributed by atoms with Gasteiger partial charge in [0.25, 0.3) is 0 Å². The molecule has 0 spiro atoms. The van der Waals surface area contributed by atoms with Gasteiger partial charge in [-0.2, -0.15) is 10.2 Å². The standard InChI is InChI=1S/C23H28N4O4/c1-30-20-10-6-8-18(14-20)16-24-26-22(28)12-4-3-5-13-23(29)27-25-17-19-9-7-11-21(15-19)31-2/h6-11,14-17H,3-5,12-13H2,1-2H3,(H,26,28)(H,27,29)/b24-16+,25-17+. The van der Waals surface area contributed by atoms with Crippen molar-refractivity contribution >= 4 is 24.2 Å². The van der Waals surface area contributed by atoms with Crippen LogP contribution in [0, 0.1) is 0 Å². The molecule has 0 aromatic heterocycles. The summed E-state index contributed by atoms with van der Waals surface area (Å²) in [6.07, 6.45) is 5.96. The summed E-state index contributed by atoms with van der Waals surface area (Å²) in [4.78, 5) is 23.6. The van der Waals surface area contributed by atoms with E-state index in [0.29, 0.717) is 25.7 Å². The molecule has 0 bridgehead atoms. The van der Waals surface area contributed by atoms with Gasteiger partial charge in [0.2, 0.25) is 11.8 Å². The first-order chi connectivity index (χ1) is 15.1. The number of carbonyl (C=O) groups is 2. The molecule has 8 heteroatoms. The lowest BCUT2D eigenvalue weighted by Crippen LogP contribution is -2.18. The maximum Gasteiger partial charge on any atom is 0.240 e. The van der Waals surface area contributed by atoms with Crippen LogP contribution in [0.3, 0.4) is 0 Å². The Balaban J connectivity index is 1.56. The van der Waals surface area contributed by atoms with Gasteiger partial charge in [0.1, 0.15) is 11.5 Å². The second kappa shape index (κ2) is 13.5. The molecule has 164 valence electrons. The van der Waals surface area contributed by atoms with Crippen molar-refractivity contribution in [3.63, 3.8) is 0 Å². The van der Waals surface area contributed by atoms with E-state index >= 15 is 0 Å². The molecule has 2 amide bonds. The molecule has 0 heterocycles. The molecule has 0 unspecified atom stereocenters. The minimum atomic E-state index is -0.161. The van der Waals surface area contributed by atoms with Crippen molar-refractivity contribution in [2.24, 2.45) is 10.2 Å². The molecule has 2 aromatic carbocycles. The molecule has 0 atom stereocenters. The number of methoxy groups -OCH3 is 2. The van der Waals surface area contributed by atoms with Crippen molar-refractivity contribution in [3.05, 3.63) is 59.7 Å². The summed E-state index contributed by atoms with van der Waals surface area (Å²) in [6, 6.07) is 14.7. The van der Waals surface area contributed by atoms with Crippen LogP contribution in [0.15, 0.2) is 58.7 Å². The number of hydrogen-bond donors (Lipinski definition) is 2. The minimum Gasteiger partial charge on any atom is -0.497 e. The molecule has 31 heavy (non-hydrogen) atoms. The summed E-state index contributed by atoms with van der Waals surface area (Å²) in [6.45, 7) is 0. The number of ether oxygens (including phenoxy) is 2. The third-order valence-electron chi connectivity index (χ3n) is 4.30. The van der Waals surface area contributed by atoms with Crippen molar-refractivity contribution in [1.82, 2.24) is 10.9 Å². The first kappa shape index (κ1) is 23.6. The fraction of sp³-hybridized carbons (Fsp3) is 0.304. The van der Waals surface area contributed by atoms with Gasteiger partial charge in [-0.1, -0.05) is 30.7 Å². The number of hydrogen-bond acceptors (Lipinski definition) is 6. The van der Waals surface area contributed by atoms with Crippen LogP contribution in [0.1, 0.15) is 43.2 Å². The summed E-state index contributed by atoms with van der Waals surface area (Å²) in [5.74, 6) is 1.13. The van der Waals surface area contributed by atoms with Crippen molar-refractivity contribution in [2.45, 2.75) is 32.1 Å². The number of benzene rings is 2. The number of nitrogens with one attached hydrogen (secondary N) is 2. The van der Waals surface area contributed by atoms with Gasteiger partial charge in [0, 0.05) is 12.8 Å². The van der Waals surface area contributed by atoms with E-state index in [9.17, 15) is 9.59 Å². The Morgan fingerprint density at radius 1 is 0.774 bits per heavy atom. The third-order valence-corrected chi connectivity index (χ3v) is 4.30. The molecule has 2 rings (SSSR count). The molecule has 0 aliphatic heterocycles. The lowest BCUT2D eigenvalue weighted by Gasteiger charge is -2.02. The topological polar surface area (TPSA) is 101 Å². The zero-order valence-electron chi connectivity index (χ0n) is 17.8. The van der Waals surface area contributed by atoms with Gasteiger partial charge in [-0.25, -0.2) is 10.9 Å². The van der Waals surface area contributed by atoms with Crippen molar-refractivity contribution in [2.75, 3.05) is 14.2 Å². The van der Waals surface area contributed by atoms with E-state index in [-0.39, 0.29) is 11.8 Å². The van der Waals surface area contributed by atoms with Crippen LogP contribution < -0.4 is 20.3 Å². The lowest BCUT2D eigenvalue weighted by atomic mass is 10.1. The number of nitrogens with zero attached hydrogens (tertiary/aromatic N) is 2. The van der Waals surface area contributed by atoms with Crippen LogP contribution >= 0.6 is 0 Å². The number of hydrazone groups is 2. The number of carbonyl (C=O) groups excluding carboxylic acids is 2. The van der Waals surface area contributed by atoms with Gasteiger partial charge in [-0.15, -0.1) is 0 Å². The van der Waals surface area contributed by atoms with E-state index in [2.05, 4.69) is 21.1 Å². The van der Waals surface area contributed by atoms with Crippen LogP contribution in [-0.2, 0) is 9.59 Å². The van der Waals surface area contributed by atoms with E-state index < -0.39 is 0 Å². The van der Waals surface area contributed by atoms with Crippen LogP contribution in [0.5, 0.6) is 11.5 Å². The Kier molecular flexibility index (Phi) is 10.3. The summed E-state index contributed by atoms with van der Waals surface area (Å²) < 4.78 is 10.3. The molecule has 0 aliphatic rings. The second-order valence-electron chi connectivity index (χ2n) is 6.70. The summed E-state index contributed by atoms with van der Waals surface area (Å²) in [5.41, 5.74) is 6.67. The van der Waals surface area contributed by atoms with Crippen LogP contribution in [0.25, 0.3) is 0 Å². The van der Waals surface area contributed by atoms with E-state index in [0.717, 1.165) is 29.0 Å². The highest BCUT2D eigenvalue weighted by molar-refractivity contribution is 5.83. The quantitative estimate of drug-likeness (QED) is 0.310. The summed E-state index contributed by atoms with van der Waals surface area (Å²) in [5, 5.41) is 7.89. The molecular formula is C23H28N4O4. The smallest absolute Gasteiger partial charge is 0.240 e. The molecule has 0 radical (unpaired) electrons. The van der Waals surface area contributed by atoms with E-state index in [1.807, 2.05) is 48.5 Å². The van der Waals surface area contributed by atoms with E-state index in [1.54, 1.807) is 26.6 Å². The van der Waals surface area contributed by atoms with Crippen LogP contribution in [0.2, 0.25) is 0 Å². The molecular weight excluding hydrogens is 396 g/mol. The fourth-order valence-corrected chi connectivity index (χ4v) is 2.66. The SMILES string of the molecule is COc1cccc(/C=N/NC(=O)CCCCCC(=O)N/N=C/c2cccc(OC)c2)c1. The molecule has 0 aliphatic carbocycles. The van der Waals surface area contributed by atoms with Crippen molar-refractivity contribution < 1.29 is 19.1 Å². The number of unbranched alkanes of at least 4 members (excludes halogenated alkanes) is 2. The van der Waals surface area contributed by atoms with Crippen LogP contribution in [-0.4, -0.2) is 38.5 Å². The molecule has 2 N–H and O–H groups in total. The maximum atomic E-state index is 11.8. The highest BCUT2D eigenvalue weighted by Crippen LogP contribution is 2.11. The average Bonchev–Trinajstić information content (AvgIpc) is 2.79. The van der Waals surface area contributed by atoms with Gasteiger partial charge in [0.05, 0.1) is 26.6 Å². The Morgan fingerprint density at radius 2 is 1.23 bits per heavy atom. The average molecular weight is 425 g/mol. The Bertz CT molecular complexity index is 838. The Hall–Kier alpha value is -3.68. The first-order valence-corrected chi connectivity index (χ1v) is 10.0. The van der Waals surface area contributed by atoms with Crippen LogP contribution in [0.4, 0.5) is 0 Å². The molecule has 0 saturated heterocycles. The van der Waals surface area contributed by atoms with Gasteiger partial charge >= 0.3 is 0 Å². The molecule has 0 fully saturated rings. The van der Waals surface area contributed by atoms with E-state index in [4.69, 9.17) is 9.47 Å². The van der Waals surface area contributed by atoms with Crippen molar-refractivity contribution in [1.29, 1.82) is 0 Å². The normalized spacial score (nSPS) is 10.9. The molecule has 2 aromatic rings. The first-order valence-electron chi connectivity index (χ1n) is 10.0. The zero-order chi connectivity index (χ0) is 22.3. The third kappa shape index (κ3) is 9.58. The zero-order valence-corrected chi connectivity index (χ0v) is 17.8. The Labute approximate surface area is 182 Å². The lowest BCUT2D eigenvalue weighted by molar-refractivity contribution is -0.121. The fourth-order valence-electron chi connectivity index (χ4n) is 2.66. The molecule has 8 nitrogen and oxygen atoms in total. The number of amides is 2. The van der Waals surface area contributed by atoms with Gasteiger partial charge in [-0.05, 0) is 48.2 Å². The van der Waals surface area contributed by atoms with Crippen molar-refractivity contribution in [3.8, 4) is 11.5 Å². The second-order valence-corrected chi connectivity index (χ2v) is 6.70. The monoisotopic (exact) mass is 424 g/mol. The van der Waals surface area contributed by atoms with E-state index in [1.165, 1.54) is 0 Å².